The lowest BCUT2D eigenvalue weighted by molar-refractivity contribution is -0.384. The van der Waals surface area contributed by atoms with Gasteiger partial charge in [-0.15, -0.1) is 0 Å². The van der Waals surface area contributed by atoms with E-state index in [1.807, 2.05) is 42.5 Å². The first kappa shape index (κ1) is 17.4. The Kier molecular flexibility index (Phi) is 5.43. The molecule has 2 N–H and O–H groups in total. The van der Waals surface area contributed by atoms with Crippen molar-refractivity contribution in [1.82, 2.24) is 5.32 Å². The second-order valence-electron chi connectivity index (χ2n) is 5.87. The maximum absolute atomic E-state index is 12.2. The van der Waals surface area contributed by atoms with Gasteiger partial charge in [-0.05, 0) is 22.4 Å². The summed E-state index contributed by atoms with van der Waals surface area (Å²) < 4.78 is 0. The van der Waals surface area contributed by atoms with Crippen molar-refractivity contribution in [2.75, 3.05) is 18.4 Å². The number of hydrogen-bond acceptors (Lipinski definition) is 4. The lowest BCUT2D eigenvalue weighted by Gasteiger charge is -2.09. The summed E-state index contributed by atoms with van der Waals surface area (Å²) >= 11 is 0. The van der Waals surface area contributed by atoms with Crippen molar-refractivity contribution in [3.63, 3.8) is 0 Å². The molecule has 0 aliphatic carbocycles. The average Bonchev–Trinajstić information content (AvgIpc) is 2.66. The molecule has 0 fully saturated rings. The molecule has 0 aromatic heterocycles. The smallest absolute Gasteiger partial charge is 0.292 e. The molecular formula is C20H19N3O3. The number of hydrogen-bond donors (Lipinski definition) is 2. The van der Waals surface area contributed by atoms with Gasteiger partial charge in [0.1, 0.15) is 5.69 Å². The topological polar surface area (TPSA) is 84.3 Å². The molecule has 0 radical (unpaired) electrons. The van der Waals surface area contributed by atoms with E-state index >= 15 is 0 Å². The van der Waals surface area contributed by atoms with Crippen LogP contribution < -0.4 is 10.6 Å². The van der Waals surface area contributed by atoms with E-state index < -0.39 is 4.92 Å². The van der Waals surface area contributed by atoms with Crippen LogP contribution >= 0.6 is 0 Å². The van der Waals surface area contributed by atoms with Gasteiger partial charge in [-0.1, -0.05) is 54.6 Å². The molecule has 0 saturated heterocycles. The number of nitro groups is 1. The molecule has 0 aliphatic rings. The van der Waals surface area contributed by atoms with Crippen LogP contribution in [0.4, 0.5) is 11.4 Å². The fourth-order valence-corrected chi connectivity index (χ4v) is 2.86. The van der Waals surface area contributed by atoms with Crippen LogP contribution in [0, 0.1) is 10.1 Å². The van der Waals surface area contributed by atoms with Gasteiger partial charge >= 0.3 is 0 Å². The first-order valence-corrected chi connectivity index (χ1v) is 8.36. The molecule has 3 aromatic rings. The predicted molar refractivity (Wildman–Crippen MR) is 102 cm³/mol. The highest BCUT2D eigenvalue weighted by Gasteiger charge is 2.11. The lowest BCUT2D eigenvalue weighted by Crippen LogP contribution is -2.30. The Balaban J connectivity index is 1.53. The number of nitrogens with one attached hydrogen (secondary N) is 2. The Hall–Kier alpha value is -3.41. The molecule has 26 heavy (non-hydrogen) atoms. The van der Waals surface area contributed by atoms with Crippen LogP contribution in [0.3, 0.4) is 0 Å². The van der Waals surface area contributed by atoms with Crippen molar-refractivity contribution in [1.29, 1.82) is 0 Å². The Bertz CT molecular complexity index is 935. The number of benzene rings is 3. The number of amides is 1. The number of fused-ring (bicyclic) bond motifs is 1. The lowest BCUT2D eigenvalue weighted by atomic mass is 10.0. The zero-order valence-electron chi connectivity index (χ0n) is 14.1. The van der Waals surface area contributed by atoms with Gasteiger partial charge in [0.15, 0.2) is 0 Å². The largest absolute Gasteiger partial charge is 0.378 e. The number of anilines is 1. The van der Waals surface area contributed by atoms with E-state index in [2.05, 4.69) is 10.6 Å². The third-order valence-corrected chi connectivity index (χ3v) is 4.09. The quantitative estimate of drug-likeness (QED) is 0.388. The minimum Gasteiger partial charge on any atom is -0.378 e. The summed E-state index contributed by atoms with van der Waals surface area (Å²) in [4.78, 5) is 22.7. The second kappa shape index (κ2) is 8.11. The average molecular weight is 349 g/mol. The van der Waals surface area contributed by atoms with Crippen molar-refractivity contribution < 1.29 is 9.72 Å². The van der Waals surface area contributed by atoms with E-state index in [1.165, 1.54) is 6.07 Å². The molecule has 0 spiro atoms. The molecule has 0 saturated carbocycles. The predicted octanol–water partition coefficient (Wildman–Crippen LogP) is 3.52. The number of para-hydroxylation sites is 2. The maximum Gasteiger partial charge on any atom is 0.292 e. The highest BCUT2D eigenvalue weighted by atomic mass is 16.6. The Morgan fingerprint density at radius 2 is 1.65 bits per heavy atom. The van der Waals surface area contributed by atoms with Gasteiger partial charge in [0.2, 0.25) is 5.91 Å². The van der Waals surface area contributed by atoms with E-state index in [-0.39, 0.29) is 11.6 Å². The summed E-state index contributed by atoms with van der Waals surface area (Å²) in [6.07, 6.45) is 0.298. The van der Waals surface area contributed by atoms with Gasteiger partial charge in [-0.25, -0.2) is 0 Å². The molecule has 0 unspecified atom stereocenters. The first-order valence-electron chi connectivity index (χ1n) is 8.36. The number of rotatable bonds is 7. The van der Waals surface area contributed by atoms with Crippen LogP contribution in [-0.4, -0.2) is 23.9 Å². The zero-order chi connectivity index (χ0) is 18.4. The van der Waals surface area contributed by atoms with Crippen LogP contribution in [-0.2, 0) is 11.2 Å². The molecule has 1 amide bonds. The van der Waals surface area contributed by atoms with E-state index in [0.717, 1.165) is 16.3 Å². The van der Waals surface area contributed by atoms with Crippen molar-refractivity contribution in [3.8, 4) is 0 Å². The van der Waals surface area contributed by atoms with Crippen LogP contribution in [0.5, 0.6) is 0 Å². The number of carbonyl (C=O) groups is 1. The van der Waals surface area contributed by atoms with E-state index in [0.29, 0.717) is 25.2 Å². The van der Waals surface area contributed by atoms with Crippen LogP contribution in [0.15, 0.2) is 66.7 Å². The SMILES string of the molecule is O=C(Cc1cccc2ccccc12)NCCNc1ccccc1[N+](=O)[O-]. The molecule has 0 heterocycles. The summed E-state index contributed by atoms with van der Waals surface area (Å²) in [6.45, 7) is 0.793. The second-order valence-corrected chi connectivity index (χ2v) is 5.87. The minimum absolute atomic E-state index is 0.0228. The first-order chi connectivity index (χ1) is 12.6. The zero-order valence-corrected chi connectivity index (χ0v) is 14.1. The number of nitro benzene ring substituents is 1. The Labute approximate surface area is 151 Å². The Morgan fingerprint density at radius 1 is 0.923 bits per heavy atom. The summed E-state index contributed by atoms with van der Waals surface area (Å²) in [5.41, 5.74) is 1.45. The molecule has 132 valence electrons. The van der Waals surface area contributed by atoms with Crippen molar-refractivity contribution in [2.24, 2.45) is 0 Å². The number of carbonyl (C=O) groups excluding carboxylic acids is 1. The standard InChI is InChI=1S/C20H19N3O3/c24-20(14-16-8-5-7-15-6-1-2-9-17(15)16)22-13-12-21-18-10-3-4-11-19(18)23(25)26/h1-11,21H,12-14H2,(H,22,24). The van der Waals surface area contributed by atoms with E-state index in [4.69, 9.17) is 0 Å². The molecule has 0 aliphatic heterocycles. The summed E-state index contributed by atoms with van der Waals surface area (Å²) in [5.74, 6) is -0.0780. The van der Waals surface area contributed by atoms with Crippen LogP contribution in [0.2, 0.25) is 0 Å². The normalized spacial score (nSPS) is 10.5. The third-order valence-electron chi connectivity index (χ3n) is 4.09. The van der Waals surface area contributed by atoms with Gasteiger partial charge in [0.05, 0.1) is 11.3 Å². The Morgan fingerprint density at radius 3 is 2.50 bits per heavy atom. The minimum atomic E-state index is -0.429. The van der Waals surface area contributed by atoms with E-state index in [1.54, 1.807) is 18.2 Å². The molecule has 0 atom stereocenters. The van der Waals surface area contributed by atoms with Gasteiger partial charge in [0.25, 0.3) is 5.69 Å². The molecular weight excluding hydrogens is 330 g/mol. The van der Waals surface area contributed by atoms with Crippen LogP contribution in [0.25, 0.3) is 10.8 Å². The molecule has 6 heteroatoms. The van der Waals surface area contributed by atoms with Crippen molar-refractivity contribution in [2.45, 2.75) is 6.42 Å². The summed E-state index contributed by atoms with van der Waals surface area (Å²) in [7, 11) is 0. The molecule has 6 nitrogen and oxygen atoms in total. The highest BCUT2D eigenvalue weighted by molar-refractivity contribution is 5.90. The highest BCUT2D eigenvalue weighted by Crippen LogP contribution is 2.22. The van der Waals surface area contributed by atoms with Gasteiger partial charge in [-0.3, -0.25) is 14.9 Å². The summed E-state index contributed by atoms with van der Waals surface area (Å²) in [5, 5.41) is 19.0. The number of nitrogens with zero attached hydrogens (tertiary/aromatic N) is 1. The molecule has 0 bridgehead atoms. The van der Waals surface area contributed by atoms with Crippen LogP contribution in [0.1, 0.15) is 5.56 Å². The monoisotopic (exact) mass is 349 g/mol. The summed E-state index contributed by atoms with van der Waals surface area (Å²) in [6, 6.07) is 20.3. The fourth-order valence-electron chi connectivity index (χ4n) is 2.86. The van der Waals surface area contributed by atoms with Gasteiger partial charge in [-0.2, -0.15) is 0 Å². The van der Waals surface area contributed by atoms with E-state index in [9.17, 15) is 14.9 Å². The van der Waals surface area contributed by atoms with Gasteiger partial charge in [0, 0.05) is 19.2 Å². The third kappa shape index (κ3) is 4.16. The fraction of sp³-hybridized carbons (Fsp3) is 0.150. The van der Waals surface area contributed by atoms with Crippen molar-refractivity contribution in [3.05, 3.63) is 82.4 Å². The van der Waals surface area contributed by atoms with Gasteiger partial charge < -0.3 is 10.6 Å². The maximum atomic E-state index is 12.2. The van der Waals surface area contributed by atoms with Crippen molar-refractivity contribution >= 4 is 28.1 Å². The molecule has 3 rings (SSSR count). The molecule has 3 aromatic carbocycles.